The molecule has 1 aliphatic rings. The van der Waals surface area contributed by atoms with Crippen LogP contribution in [0.2, 0.25) is 0 Å². The Hall–Kier alpha value is -2.58. The zero-order valence-electron chi connectivity index (χ0n) is 13.7. The molecule has 0 radical (unpaired) electrons. The molecule has 0 atom stereocenters. The van der Waals surface area contributed by atoms with Gasteiger partial charge in [-0.1, -0.05) is 0 Å². The molecule has 0 saturated carbocycles. The minimum absolute atomic E-state index is 0.111. The number of alkyl halides is 3. The Balaban J connectivity index is 1.70. The van der Waals surface area contributed by atoms with Crippen molar-refractivity contribution in [1.82, 2.24) is 19.7 Å². The SMILES string of the molecule is Cn1cc(C(=O)N2CCCN(c3ccnc(C(F)(F)F)c3)CC2)cn1. The highest BCUT2D eigenvalue weighted by Gasteiger charge is 2.33. The van der Waals surface area contributed by atoms with Crippen molar-refractivity contribution >= 4 is 11.6 Å². The van der Waals surface area contributed by atoms with Crippen molar-refractivity contribution < 1.29 is 18.0 Å². The third kappa shape index (κ3) is 3.92. The van der Waals surface area contributed by atoms with Gasteiger partial charge in [-0.3, -0.25) is 14.5 Å². The van der Waals surface area contributed by atoms with Gasteiger partial charge in [-0.2, -0.15) is 18.3 Å². The number of pyridine rings is 1. The second-order valence-electron chi connectivity index (χ2n) is 5.93. The van der Waals surface area contributed by atoms with E-state index in [4.69, 9.17) is 0 Å². The zero-order valence-corrected chi connectivity index (χ0v) is 13.7. The maximum Gasteiger partial charge on any atom is 0.433 e. The Bertz CT molecular complexity index is 758. The first-order chi connectivity index (χ1) is 11.8. The lowest BCUT2D eigenvalue weighted by atomic mass is 10.2. The number of amides is 1. The molecule has 3 rings (SSSR count). The molecule has 25 heavy (non-hydrogen) atoms. The van der Waals surface area contributed by atoms with Crippen molar-refractivity contribution in [2.24, 2.45) is 7.05 Å². The predicted molar refractivity (Wildman–Crippen MR) is 85.2 cm³/mol. The number of hydrogen-bond donors (Lipinski definition) is 0. The molecule has 1 amide bonds. The minimum atomic E-state index is -4.47. The number of halogens is 3. The molecule has 0 spiro atoms. The number of aromatic nitrogens is 3. The van der Waals surface area contributed by atoms with E-state index in [0.717, 1.165) is 6.07 Å². The molecule has 0 aliphatic carbocycles. The van der Waals surface area contributed by atoms with Crippen LogP contribution in [0.15, 0.2) is 30.7 Å². The van der Waals surface area contributed by atoms with Gasteiger partial charge in [0.25, 0.3) is 5.91 Å². The van der Waals surface area contributed by atoms with E-state index in [0.29, 0.717) is 43.9 Å². The number of carbonyl (C=O) groups excluding carboxylic acids is 1. The van der Waals surface area contributed by atoms with Crippen molar-refractivity contribution in [2.75, 3.05) is 31.1 Å². The number of aryl methyl sites for hydroxylation is 1. The van der Waals surface area contributed by atoms with Gasteiger partial charge >= 0.3 is 6.18 Å². The molecule has 134 valence electrons. The highest BCUT2D eigenvalue weighted by atomic mass is 19.4. The Morgan fingerprint density at radius 3 is 2.68 bits per heavy atom. The molecule has 6 nitrogen and oxygen atoms in total. The first kappa shape index (κ1) is 17.2. The van der Waals surface area contributed by atoms with Gasteiger partial charge in [0, 0.05) is 51.3 Å². The molecule has 3 heterocycles. The number of rotatable bonds is 2. The summed E-state index contributed by atoms with van der Waals surface area (Å²) < 4.78 is 40.1. The normalized spacial score (nSPS) is 16.0. The highest BCUT2D eigenvalue weighted by molar-refractivity contribution is 5.93. The van der Waals surface area contributed by atoms with E-state index in [1.54, 1.807) is 28.9 Å². The van der Waals surface area contributed by atoms with Crippen LogP contribution in [-0.4, -0.2) is 51.8 Å². The van der Waals surface area contributed by atoms with Crippen molar-refractivity contribution in [3.8, 4) is 0 Å². The van der Waals surface area contributed by atoms with Crippen LogP contribution in [0, 0.1) is 0 Å². The summed E-state index contributed by atoms with van der Waals surface area (Å²) in [6.45, 7) is 2.05. The Labute approximate surface area is 142 Å². The summed E-state index contributed by atoms with van der Waals surface area (Å²) in [7, 11) is 1.74. The lowest BCUT2D eigenvalue weighted by Gasteiger charge is -2.24. The number of nitrogens with zero attached hydrogens (tertiary/aromatic N) is 5. The second kappa shape index (κ2) is 6.73. The van der Waals surface area contributed by atoms with E-state index in [2.05, 4.69) is 10.1 Å². The first-order valence-corrected chi connectivity index (χ1v) is 7.91. The lowest BCUT2D eigenvalue weighted by Crippen LogP contribution is -2.35. The Morgan fingerprint density at radius 1 is 1.20 bits per heavy atom. The van der Waals surface area contributed by atoms with E-state index in [-0.39, 0.29) is 5.91 Å². The van der Waals surface area contributed by atoms with E-state index < -0.39 is 11.9 Å². The van der Waals surface area contributed by atoms with Gasteiger partial charge < -0.3 is 9.80 Å². The van der Waals surface area contributed by atoms with Gasteiger partial charge in [0.2, 0.25) is 0 Å². The summed E-state index contributed by atoms with van der Waals surface area (Å²) in [4.78, 5) is 19.4. The van der Waals surface area contributed by atoms with Gasteiger partial charge in [-0.25, -0.2) is 0 Å². The van der Waals surface area contributed by atoms with Crippen LogP contribution in [0.3, 0.4) is 0 Å². The monoisotopic (exact) mass is 353 g/mol. The predicted octanol–water partition coefficient (Wildman–Crippen LogP) is 2.19. The molecule has 1 aliphatic heterocycles. The maximum atomic E-state index is 12.8. The standard InChI is InChI=1S/C16H18F3N5O/c1-22-11-12(10-21-22)15(25)24-6-2-5-23(7-8-24)13-3-4-20-14(9-13)16(17,18)19/h3-4,9-11H,2,5-8H2,1H3. The average Bonchev–Trinajstić information content (AvgIpc) is 2.86. The molecule has 0 N–H and O–H groups in total. The minimum Gasteiger partial charge on any atom is -0.370 e. The summed E-state index contributed by atoms with van der Waals surface area (Å²) in [5.74, 6) is -0.111. The van der Waals surface area contributed by atoms with E-state index in [1.807, 2.05) is 4.90 Å². The maximum absolute atomic E-state index is 12.8. The molecule has 2 aromatic heterocycles. The van der Waals surface area contributed by atoms with E-state index in [9.17, 15) is 18.0 Å². The van der Waals surface area contributed by atoms with Gasteiger partial charge in [0.15, 0.2) is 0 Å². The molecule has 0 aromatic carbocycles. The summed E-state index contributed by atoms with van der Waals surface area (Å²) in [6, 6.07) is 2.62. The average molecular weight is 353 g/mol. The smallest absolute Gasteiger partial charge is 0.370 e. The van der Waals surface area contributed by atoms with Crippen molar-refractivity contribution in [3.05, 3.63) is 42.0 Å². The first-order valence-electron chi connectivity index (χ1n) is 7.91. The fraction of sp³-hybridized carbons (Fsp3) is 0.438. The third-order valence-corrected chi connectivity index (χ3v) is 4.13. The van der Waals surface area contributed by atoms with Gasteiger partial charge in [-0.15, -0.1) is 0 Å². The molecular formula is C16H18F3N5O. The molecule has 1 fully saturated rings. The number of hydrogen-bond acceptors (Lipinski definition) is 4. The van der Waals surface area contributed by atoms with Crippen LogP contribution in [0.5, 0.6) is 0 Å². The highest BCUT2D eigenvalue weighted by Crippen LogP contribution is 2.30. The summed E-state index contributed by atoms with van der Waals surface area (Å²) in [5.41, 5.74) is 0.0785. The fourth-order valence-corrected chi connectivity index (χ4v) is 2.86. The Kier molecular flexibility index (Phi) is 4.65. The second-order valence-corrected chi connectivity index (χ2v) is 5.93. The van der Waals surface area contributed by atoms with Crippen LogP contribution < -0.4 is 4.90 Å². The fourth-order valence-electron chi connectivity index (χ4n) is 2.86. The van der Waals surface area contributed by atoms with Crippen LogP contribution in [0.25, 0.3) is 0 Å². The van der Waals surface area contributed by atoms with E-state index >= 15 is 0 Å². The summed E-state index contributed by atoms with van der Waals surface area (Å²) in [5, 5.41) is 4.00. The largest absolute Gasteiger partial charge is 0.433 e. The van der Waals surface area contributed by atoms with Crippen LogP contribution in [-0.2, 0) is 13.2 Å². The van der Waals surface area contributed by atoms with Crippen LogP contribution in [0.1, 0.15) is 22.5 Å². The zero-order chi connectivity index (χ0) is 18.0. The number of anilines is 1. The van der Waals surface area contributed by atoms with Gasteiger partial charge in [0.05, 0.1) is 11.8 Å². The quantitative estimate of drug-likeness (QED) is 0.831. The molecule has 0 bridgehead atoms. The third-order valence-electron chi connectivity index (χ3n) is 4.13. The molecule has 1 saturated heterocycles. The summed E-state index contributed by atoms with van der Waals surface area (Å²) in [6.07, 6.45) is 0.550. The number of carbonyl (C=O) groups is 1. The molecule has 2 aromatic rings. The lowest BCUT2D eigenvalue weighted by molar-refractivity contribution is -0.141. The van der Waals surface area contributed by atoms with E-state index in [1.165, 1.54) is 12.4 Å². The Morgan fingerprint density at radius 2 is 2.00 bits per heavy atom. The van der Waals surface area contributed by atoms with Crippen molar-refractivity contribution in [1.29, 1.82) is 0 Å². The molecule has 9 heteroatoms. The van der Waals surface area contributed by atoms with Gasteiger partial charge in [0.1, 0.15) is 5.69 Å². The summed E-state index contributed by atoms with van der Waals surface area (Å²) >= 11 is 0. The van der Waals surface area contributed by atoms with Crippen LogP contribution in [0.4, 0.5) is 18.9 Å². The van der Waals surface area contributed by atoms with Gasteiger partial charge in [-0.05, 0) is 18.6 Å². The molecule has 0 unspecified atom stereocenters. The van der Waals surface area contributed by atoms with Crippen LogP contribution >= 0.6 is 0 Å². The topological polar surface area (TPSA) is 54.3 Å². The molecular weight excluding hydrogens is 335 g/mol. The van der Waals surface area contributed by atoms with Crippen molar-refractivity contribution in [3.63, 3.8) is 0 Å². The van der Waals surface area contributed by atoms with Crippen molar-refractivity contribution in [2.45, 2.75) is 12.6 Å².